The van der Waals surface area contributed by atoms with Crippen LogP contribution in [-0.2, 0) is 6.54 Å². The van der Waals surface area contributed by atoms with Crippen LogP contribution in [0.3, 0.4) is 0 Å². The second-order valence-corrected chi connectivity index (χ2v) is 4.54. The molecule has 0 aromatic carbocycles. The summed E-state index contributed by atoms with van der Waals surface area (Å²) in [5.41, 5.74) is 3.83. The molecule has 1 atom stereocenters. The van der Waals surface area contributed by atoms with Crippen molar-refractivity contribution < 1.29 is 4.39 Å². The minimum atomic E-state index is -0.482. The van der Waals surface area contributed by atoms with Crippen LogP contribution in [0.2, 0.25) is 0 Å². The first-order valence-electron chi connectivity index (χ1n) is 5.45. The highest BCUT2D eigenvalue weighted by molar-refractivity contribution is 9.10. The van der Waals surface area contributed by atoms with Crippen molar-refractivity contribution in [3.63, 3.8) is 0 Å². The van der Waals surface area contributed by atoms with Gasteiger partial charge in [0.25, 0.3) is 0 Å². The van der Waals surface area contributed by atoms with Crippen LogP contribution >= 0.6 is 15.9 Å². The molecule has 0 aliphatic rings. The molecular formula is C11H13BrFN5. The highest BCUT2D eigenvalue weighted by Gasteiger charge is 2.23. The molecule has 2 rings (SSSR count). The minimum Gasteiger partial charge on any atom is -0.271 e. The molecule has 7 heteroatoms. The van der Waals surface area contributed by atoms with E-state index < -0.39 is 11.9 Å². The summed E-state index contributed by atoms with van der Waals surface area (Å²) in [5, 5.41) is 4.19. The molecule has 2 heterocycles. The van der Waals surface area contributed by atoms with E-state index in [0.29, 0.717) is 12.1 Å². The molecule has 3 N–H and O–H groups in total. The molecule has 1 unspecified atom stereocenters. The lowest BCUT2D eigenvalue weighted by atomic mass is 10.1. The van der Waals surface area contributed by atoms with Gasteiger partial charge in [0.1, 0.15) is 5.82 Å². The van der Waals surface area contributed by atoms with E-state index in [1.54, 1.807) is 16.9 Å². The van der Waals surface area contributed by atoms with Crippen LogP contribution in [0.1, 0.15) is 24.2 Å². The molecule has 18 heavy (non-hydrogen) atoms. The van der Waals surface area contributed by atoms with Crippen molar-refractivity contribution in [2.24, 2.45) is 5.84 Å². The van der Waals surface area contributed by atoms with Crippen molar-refractivity contribution in [3.8, 4) is 0 Å². The smallest absolute Gasteiger partial charge is 0.146 e. The largest absolute Gasteiger partial charge is 0.271 e. The zero-order valence-electron chi connectivity index (χ0n) is 9.77. The van der Waals surface area contributed by atoms with E-state index in [9.17, 15) is 4.39 Å². The molecule has 0 amide bonds. The molecule has 96 valence electrons. The van der Waals surface area contributed by atoms with E-state index in [-0.39, 0.29) is 0 Å². The van der Waals surface area contributed by atoms with Crippen molar-refractivity contribution in [1.82, 2.24) is 20.2 Å². The van der Waals surface area contributed by atoms with Crippen molar-refractivity contribution in [2.45, 2.75) is 19.5 Å². The van der Waals surface area contributed by atoms with E-state index >= 15 is 0 Å². The molecule has 0 fully saturated rings. The Morgan fingerprint density at radius 2 is 2.33 bits per heavy atom. The van der Waals surface area contributed by atoms with Gasteiger partial charge in [-0.05, 0) is 28.9 Å². The highest BCUT2D eigenvalue weighted by Crippen LogP contribution is 2.29. The van der Waals surface area contributed by atoms with E-state index in [1.165, 1.54) is 12.4 Å². The topological polar surface area (TPSA) is 68.8 Å². The Bertz CT molecular complexity index is 542. The van der Waals surface area contributed by atoms with Gasteiger partial charge in [-0.3, -0.25) is 15.5 Å². The van der Waals surface area contributed by atoms with Gasteiger partial charge in [0.2, 0.25) is 0 Å². The van der Waals surface area contributed by atoms with Gasteiger partial charge < -0.3 is 0 Å². The lowest BCUT2D eigenvalue weighted by molar-refractivity contribution is 0.512. The molecule has 0 saturated carbocycles. The highest BCUT2D eigenvalue weighted by atomic mass is 79.9. The van der Waals surface area contributed by atoms with Crippen LogP contribution in [0.5, 0.6) is 0 Å². The van der Waals surface area contributed by atoms with E-state index in [4.69, 9.17) is 5.84 Å². The van der Waals surface area contributed by atoms with Gasteiger partial charge in [0.05, 0.1) is 28.6 Å². The molecule has 0 aliphatic carbocycles. The quantitative estimate of drug-likeness (QED) is 0.666. The van der Waals surface area contributed by atoms with Crippen LogP contribution < -0.4 is 11.3 Å². The summed E-state index contributed by atoms with van der Waals surface area (Å²) in [7, 11) is 0. The number of nitrogens with two attached hydrogens (primary N) is 1. The summed E-state index contributed by atoms with van der Waals surface area (Å²) in [6.07, 6.45) is 4.37. The predicted octanol–water partition coefficient (Wildman–Crippen LogP) is 1.75. The fourth-order valence-electron chi connectivity index (χ4n) is 1.85. The van der Waals surface area contributed by atoms with Gasteiger partial charge in [-0.1, -0.05) is 0 Å². The second kappa shape index (κ2) is 5.55. The van der Waals surface area contributed by atoms with Crippen molar-refractivity contribution in [1.29, 1.82) is 0 Å². The monoisotopic (exact) mass is 313 g/mol. The lowest BCUT2D eigenvalue weighted by Gasteiger charge is -2.18. The van der Waals surface area contributed by atoms with Crippen LogP contribution in [0.4, 0.5) is 4.39 Å². The molecule has 2 aromatic rings. The number of nitrogens with one attached hydrogen (secondary N) is 1. The van der Waals surface area contributed by atoms with Crippen molar-refractivity contribution >= 4 is 15.9 Å². The number of hydrogen-bond donors (Lipinski definition) is 2. The van der Waals surface area contributed by atoms with E-state index in [2.05, 4.69) is 31.4 Å². The first-order chi connectivity index (χ1) is 8.69. The van der Waals surface area contributed by atoms with Gasteiger partial charge >= 0.3 is 0 Å². The Hall–Kier alpha value is -1.31. The number of aromatic nitrogens is 3. The minimum absolute atomic E-state index is 0.406. The summed E-state index contributed by atoms with van der Waals surface area (Å²) in [4.78, 5) is 3.73. The maximum absolute atomic E-state index is 13.8. The van der Waals surface area contributed by atoms with Gasteiger partial charge in [-0.2, -0.15) is 5.10 Å². The first kappa shape index (κ1) is 13.1. The van der Waals surface area contributed by atoms with E-state index in [0.717, 1.165) is 10.2 Å². The van der Waals surface area contributed by atoms with Gasteiger partial charge in [-0.15, -0.1) is 0 Å². The third-order valence-corrected chi connectivity index (χ3v) is 3.30. The number of aryl methyl sites for hydroxylation is 1. The Kier molecular flexibility index (Phi) is 4.05. The summed E-state index contributed by atoms with van der Waals surface area (Å²) in [6, 6.07) is 1.11. The summed E-state index contributed by atoms with van der Waals surface area (Å²) < 4.78 is 16.3. The molecule has 0 bridgehead atoms. The fourth-order valence-corrected chi connectivity index (χ4v) is 2.37. The average molecular weight is 314 g/mol. The number of rotatable bonds is 4. The Balaban J connectivity index is 2.52. The van der Waals surface area contributed by atoms with Gasteiger partial charge in [0.15, 0.2) is 0 Å². The molecule has 0 radical (unpaired) electrons. The number of pyridine rings is 1. The molecule has 0 saturated heterocycles. The second-order valence-electron chi connectivity index (χ2n) is 3.69. The zero-order valence-corrected chi connectivity index (χ0v) is 11.4. The third-order valence-electron chi connectivity index (χ3n) is 2.69. The van der Waals surface area contributed by atoms with Crippen LogP contribution in [0, 0.1) is 5.82 Å². The Labute approximate surface area is 112 Å². The van der Waals surface area contributed by atoms with Crippen molar-refractivity contribution in [3.05, 3.63) is 46.2 Å². The molecule has 5 nitrogen and oxygen atoms in total. The van der Waals surface area contributed by atoms with Crippen LogP contribution in [-0.4, -0.2) is 14.8 Å². The normalized spacial score (nSPS) is 12.7. The number of nitrogens with zero attached hydrogens (tertiary/aromatic N) is 3. The van der Waals surface area contributed by atoms with Crippen molar-refractivity contribution in [2.75, 3.05) is 0 Å². The summed E-state index contributed by atoms with van der Waals surface area (Å²) >= 11 is 3.40. The number of hydrazine groups is 1. The lowest BCUT2D eigenvalue weighted by Crippen LogP contribution is -2.31. The Morgan fingerprint density at radius 1 is 1.56 bits per heavy atom. The first-order valence-corrected chi connectivity index (χ1v) is 6.25. The maximum Gasteiger partial charge on any atom is 0.146 e. The maximum atomic E-state index is 13.8. The Morgan fingerprint density at radius 3 is 2.94 bits per heavy atom. The summed E-state index contributed by atoms with van der Waals surface area (Å²) in [6.45, 7) is 2.63. The number of hydrogen-bond acceptors (Lipinski definition) is 4. The van der Waals surface area contributed by atoms with Gasteiger partial charge in [0, 0.05) is 18.3 Å². The standard InChI is InChI=1S/C11H13BrFN5/c1-2-18-11(8(12)5-16-18)10(17-14)7-3-4-15-6-9(7)13/h3-6,10,17H,2,14H2,1H3. The molecule has 0 spiro atoms. The van der Waals surface area contributed by atoms with Gasteiger partial charge in [-0.25, -0.2) is 9.82 Å². The summed E-state index contributed by atoms with van der Waals surface area (Å²) in [5.74, 6) is 5.15. The fraction of sp³-hybridized carbons (Fsp3) is 0.273. The van der Waals surface area contributed by atoms with E-state index in [1.807, 2.05) is 6.92 Å². The van der Waals surface area contributed by atoms with Crippen LogP contribution in [0.25, 0.3) is 0 Å². The molecule has 0 aliphatic heterocycles. The predicted molar refractivity (Wildman–Crippen MR) is 69.0 cm³/mol. The SMILES string of the molecule is CCn1ncc(Br)c1C(NN)c1ccncc1F. The zero-order chi connectivity index (χ0) is 13.1. The molecular weight excluding hydrogens is 301 g/mol. The third kappa shape index (κ3) is 2.29. The van der Waals surface area contributed by atoms with Crippen LogP contribution in [0.15, 0.2) is 29.1 Å². The molecule has 2 aromatic heterocycles. The number of halogens is 2. The average Bonchev–Trinajstić information content (AvgIpc) is 2.74.